The van der Waals surface area contributed by atoms with E-state index in [1.807, 2.05) is 0 Å². The molecule has 5 rings (SSSR count). The van der Waals surface area contributed by atoms with Crippen molar-refractivity contribution in [3.63, 3.8) is 0 Å². The van der Waals surface area contributed by atoms with Crippen molar-refractivity contribution in [2.75, 3.05) is 14.2 Å². The van der Waals surface area contributed by atoms with Crippen LogP contribution in [-0.2, 0) is 14.3 Å². The lowest BCUT2D eigenvalue weighted by molar-refractivity contribution is -0.236. The Morgan fingerprint density at radius 1 is 0.972 bits per heavy atom. The van der Waals surface area contributed by atoms with Gasteiger partial charge >= 0.3 is 5.97 Å². The maximum Gasteiger partial charge on any atom is 0.312 e. The zero-order valence-corrected chi connectivity index (χ0v) is 24.4. The van der Waals surface area contributed by atoms with Gasteiger partial charge in [0.25, 0.3) is 0 Å². The van der Waals surface area contributed by atoms with Crippen molar-refractivity contribution in [3.8, 4) is 0 Å². The van der Waals surface area contributed by atoms with Crippen LogP contribution in [0.2, 0.25) is 0 Å². The molecule has 0 bridgehead atoms. The molecule has 0 unspecified atom stereocenters. The second kappa shape index (κ2) is 8.31. The highest BCUT2D eigenvalue weighted by Gasteiger charge is 2.70. The molecule has 1 N–H and O–H groups in total. The first-order valence-corrected chi connectivity index (χ1v) is 14.7. The van der Waals surface area contributed by atoms with E-state index in [0.29, 0.717) is 23.7 Å². The summed E-state index contributed by atoms with van der Waals surface area (Å²) in [5.74, 6) is 2.45. The topological polar surface area (TPSA) is 55.8 Å². The fraction of sp³-hybridized carbons (Fsp3) is 0.906. The highest BCUT2D eigenvalue weighted by Crippen LogP contribution is 2.75. The maximum atomic E-state index is 13.4. The third-order valence-electron chi connectivity index (χ3n) is 13.8. The zero-order chi connectivity index (χ0) is 26.5. The third kappa shape index (κ3) is 3.09. The smallest absolute Gasteiger partial charge is 0.312 e. The predicted octanol–water partition coefficient (Wildman–Crippen LogP) is 6.80. The Morgan fingerprint density at radius 2 is 1.67 bits per heavy atom. The molecule has 0 amide bonds. The summed E-state index contributed by atoms with van der Waals surface area (Å²) in [7, 11) is 3.36. The normalized spacial score (nSPS) is 53.7. The Hall–Kier alpha value is -0.870. The summed E-state index contributed by atoms with van der Waals surface area (Å²) in [4.78, 5) is 13.4. The number of carbonyl (C=O) groups excluding carboxylic acids is 1. The number of rotatable bonds is 2. The van der Waals surface area contributed by atoms with Gasteiger partial charge in [-0.25, -0.2) is 0 Å². The van der Waals surface area contributed by atoms with E-state index in [0.717, 1.165) is 44.9 Å². The number of hydrogen-bond donors (Lipinski definition) is 1. The van der Waals surface area contributed by atoms with Crippen LogP contribution in [0.5, 0.6) is 0 Å². The van der Waals surface area contributed by atoms with E-state index in [9.17, 15) is 9.90 Å². The van der Waals surface area contributed by atoms with Crippen LogP contribution in [0, 0.1) is 56.7 Å². The van der Waals surface area contributed by atoms with Gasteiger partial charge in [0.1, 0.15) is 0 Å². The maximum absolute atomic E-state index is 13.4. The summed E-state index contributed by atoms with van der Waals surface area (Å²) < 4.78 is 11.4. The first kappa shape index (κ1) is 26.7. The fourth-order valence-electron chi connectivity index (χ4n) is 11.4. The largest absolute Gasteiger partial charge is 0.469 e. The van der Waals surface area contributed by atoms with Crippen molar-refractivity contribution in [3.05, 3.63) is 11.6 Å². The monoisotopic (exact) mass is 500 g/mol. The lowest BCUT2D eigenvalue weighted by Gasteiger charge is -2.71. The Balaban J connectivity index is 1.62. The van der Waals surface area contributed by atoms with Gasteiger partial charge in [-0.05, 0) is 103 Å². The van der Waals surface area contributed by atoms with Gasteiger partial charge in [0.05, 0.1) is 24.7 Å². The van der Waals surface area contributed by atoms with Gasteiger partial charge in [-0.1, -0.05) is 60.1 Å². The van der Waals surface area contributed by atoms with Crippen molar-refractivity contribution < 1.29 is 19.4 Å². The SMILES string of the molecule is COC(=O)[C@]12CC[C@@H](C)[C@H](C)[C@H]1C1=CC[C@@H]3[C@@]4(C)C[C@@H](OC)[C@H](O)C(C)(C)[C@@H]4CC[C@@]3(C)[C@]1(C)CC2. The highest BCUT2D eigenvalue weighted by molar-refractivity contribution is 5.78. The summed E-state index contributed by atoms with van der Waals surface area (Å²) in [6.07, 6.45) is 10.5. The van der Waals surface area contributed by atoms with Crippen LogP contribution in [0.25, 0.3) is 0 Å². The molecule has 4 nitrogen and oxygen atoms in total. The molecular weight excluding hydrogens is 448 g/mol. The van der Waals surface area contributed by atoms with Gasteiger partial charge in [-0.15, -0.1) is 0 Å². The minimum Gasteiger partial charge on any atom is -0.469 e. The summed E-state index contributed by atoms with van der Waals surface area (Å²) in [6.45, 7) is 17.0. The molecule has 4 fully saturated rings. The van der Waals surface area contributed by atoms with Crippen LogP contribution in [0.4, 0.5) is 0 Å². The van der Waals surface area contributed by atoms with Gasteiger partial charge in [0, 0.05) is 7.11 Å². The summed E-state index contributed by atoms with van der Waals surface area (Å²) >= 11 is 0. The van der Waals surface area contributed by atoms with Gasteiger partial charge < -0.3 is 14.6 Å². The summed E-state index contributed by atoms with van der Waals surface area (Å²) in [5, 5.41) is 11.3. The fourth-order valence-corrected chi connectivity index (χ4v) is 11.4. The van der Waals surface area contributed by atoms with E-state index in [4.69, 9.17) is 9.47 Å². The molecule has 0 aromatic carbocycles. The van der Waals surface area contributed by atoms with Crippen LogP contribution >= 0.6 is 0 Å². The molecule has 0 aliphatic heterocycles. The molecule has 4 saturated carbocycles. The van der Waals surface area contributed by atoms with Gasteiger partial charge in [-0.2, -0.15) is 0 Å². The minimum absolute atomic E-state index is 0.0306. The molecule has 204 valence electrons. The summed E-state index contributed by atoms with van der Waals surface area (Å²) in [5.41, 5.74) is 1.43. The first-order valence-electron chi connectivity index (χ1n) is 14.7. The van der Waals surface area contributed by atoms with E-state index in [1.165, 1.54) is 6.42 Å². The molecule has 0 radical (unpaired) electrons. The average molecular weight is 501 g/mol. The molecule has 0 spiro atoms. The highest BCUT2D eigenvalue weighted by atomic mass is 16.5. The van der Waals surface area contributed by atoms with Crippen molar-refractivity contribution in [1.29, 1.82) is 0 Å². The molecule has 0 aromatic heterocycles. The van der Waals surface area contributed by atoms with E-state index in [2.05, 4.69) is 54.5 Å². The Morgan fingerprint density at radius 3 is 2.31 bits per heavy atom. The van der Waals surface area contributed by atoms with Crippen LogP contribution in [-0.4, -0.2) is 37.5 Å². The molecular formula is C32H52O4. The third-order valence-corrected chi connectivity index (χ3v) is 13.8. The molecule has 0 saturated heterocycles. The van der Waals surface area contributed by atoms with Crippen LogP contribution in [0.1, 0.15) is 99.8 Å². The molecule has 4 heteroatoms. The van der Waals surface area contributed by atoms with E-state index in [1.54, 1.807) is 19.8 Å². The minimum atomic E-state index is -0.421. The second-order valence-corrected chi connectivity index (χ2v) is 15.0. The first-order chi connectivity index (χ1) is 16.7. The number of ether oxygens (including phenoxy) is 2. The zero-order valence-electron chi connectivity index (χ0n) is 24.4. The molecule has 11 atom stereocenters. The van der Waals surface area contributed by atoms with Crippen molar-refractivity contribution >= 4 is 5.97 Å². The lowest BCUT2D eigenvalue weighted by Crippen LogP contribution is -2.67. The van der Waals surface area contributed by atoms with Crippen LogP contribution in [0.15, 0.2) is 11.6 Å². The van der Waals surface area contributed by atoms with Gasteiger partial charge in [0.15, 0.2) is 0 Å². The van der Waals surface area contributed by atoms with Gasteiger partial charge in [-0.3, -0.25) is 4.79 Å². The average Bonchev–Trinajstić information content (AvgIpc) is 2.83. The van der Waals surface area contributed by atoms with Crippen molar-refractivity contribution in [2.24, 2.45) is 56.7 Å². The number of methoxy groups -OCH3 is 2. The second-order valence-electron chi connectivity index (χ2n) is 15.0. The number of allylic oxidation sites excluding steroid dienone is 2. The number of aliphatic hydroxyl groups is 1. The number of carbonyl (C=O) groups is 1. The molecule has 5 aliphatic rings. The van der Waals surface area contributed by atoms with Crippen LogP contribution in [0.3, 0.4) is 0 Å². The molecule has 5 aliphatic carbocycles. The van der Waals surface area contributed by atoms with E-state index < -0.39 is 6.10 Å². The number of hydrogen-bond acceptors (Lipinski definition) is 4. The standard InChI is InChI=1S/C32H52O4/c1-19-12-15-32(27(34)36-9)17-16-30(6)21(25(32)20(19)2)10-11-24-29(5)18-22(35-8)26(33)28(3,4)23(29)13-14-31(24,30)7/h10,19-20,22-26,33H,11-18H2,1-9H3/t19-,20+,22-,23+,24-,25+,26+,29+,30-,31-,32+/m1/s1. The Bertz CT molecular complexity index is 938. The quantitative estimate of drug-likeness (QED) is 0.334. The number of fused-ring (bicyclic) bond motifs is 7. The molecule has 0 aromatic rings. The van der Waals surface area contributed by atoms with E-state index >= 15 is 0 Å². The van der Waals surface area contributed by atoms with Crippen LogP contribution < -0.4 is 0 Å². The Labute approximate surface area is 220 Å². The number of aliphatic hydroxyl groups excluding tert-OH is 1. The van der Waals surface area contributed by atoms with Crippen molar-refractivity contribution in [1.82, 2.24) is 0 Å². The molecule has 36 heavy (non-hydrogen) atoms. The van der Waals surface area contributed by atoms with E-state index in [-0.39, 0.29) is 45.1 Å². The lowest BCUT2D eigenvalue weighted by atomic mass is 9.33. The summed E-state index contributed by atoms with van der Waals surface area (Å²) in [6, 6.07) is 0. The predicted molar refractivity (Wildman–Crippen MR) is 143 cm³/mol. The van der Waals surface area contributed by atoms with Gasteiger partial charge in [0.2, 0.25) is 0 Å². The van der Waals surface area contributed by atoms with Crippen molar-refractivity contribution in [2.45, 2.75) is 112 Å². The number of esters is 1. The Kier molecular flexibility index (Phi) is 6.17. The molecule has 0 heterocycles.